The number of ether oxygens (including phenoxy) is 6. The second-order valence-electron chi connectivity index (χ2n) is 28.1. The van der Waals surface area contributed by atoms with E-state index in [-0.39, 0.29) is 54.0 Å². The molecule has 0 amide bonds. The molecule has 2 aliphatic heterocycles. The van der Waals surface area contributed by atoms with E-state index in [0.717, 1.165) is 68.6 Å². The van der Waals surface area contributed by atoms with E-state index >= 15 is 0 Å². The summed E-state index contributed by atoms with van der Waals surface area (Å²) in [6.07, 6.45) is 34.0. The smallest absolute Gasteiger partial charge is 0.101 e. The first-order chi connectivity index (χ1) is 34.5. The van der Waals surface area contributed by atoms with Gasteiger partial charge in [0.15, 0.2) is 0 Å². The van der Waals surface area contributed by atoms with Crippen molar-refractivity contribution in [1.29, 1.82) is 0 Å². The molecule has 3 unspecified atom stereocenters. The Balaban J connectivity index is 0.000000342. The zero-order valence-corrected chi connectivity index (χ0v) is 50.9. The van der Waals surface area contributed by atoms with Crippen LogP contribution < -0.4 is 0 Å². The van der Waals surface area contributed by atoms with E-state index in [0.29, 0.717) is 41.3 Å². The Morgan fingerprint density at radius 3 is 1.01 bits per heavy atom. The second-order valence-corrected chi connectivity index (χ2v) is 28.1. The topological polar surface area (TPSA) is 102 Å². The third kappa shape index (κ3) is 19.5. The van der Waals surface area contributed by atoms with Crippen LogP contribution in [0.4, 0.5) is 0 Å². The van der Waals surface area contributed by atoms with Gasteiger partial charge in [0.05, 0.1) is 67.6 Å². The summed E-state index contributed by atoms with van der Waals surface area (Å²) < 4.78 is 36.1. The molecule has 6 aliphatic rings. The standard InChI is InChI=1S/C34H65NO4.C19H32O2.C11H21NO2.CH4/c1-11-24(3)37-29-17-13-26(14-18-29)34(9,10)27-15-19-30(20-16-27)38-25(4)21-28(12-2)39-31-22-32(5,6)35(36)33(7,8)23-31;1-5-20-17-11-7-15(8-12-17)19(3,4)16-9-13-18(14-10-16)21-6-2;1-6-14-9-7-10(2,3)12(13)11(4,5)8-9;/h24-31,36H,11-23H2,1-10H3;5-6,15-18H,1-2,7-14H2,3-4H3;6,9,13H,1,7-8H2,2-5H3;1H4. The maximum Gasteiger partial charge on any atom is 0.101 e. The second kappa shape index (κ2) is 29.7. The van der Waals surface area contributed by atoms with E-state index in [1.165, 1.54) is 119 Å². The van der Waals surface area contributed by atoms with Gasteiger partial charge in [-0.2, -0.15) is 10.1 Å². The Hall–Kier alpha value is -1.66. The van der Waals surface area contributed by atoms with Crippen molar-refractivity contribution in [3.05, 3.63) is 38.5 Å². The minimum absolute atomic E-state index is 0. The first kappa shape index (κ1) is 67.6. The van der Waals surface area contributed by atoms with Crippen LogP contribution in [0.5, 0.6) is 0 Å². The van der Waals surface area contributed by atoms with E-state index in [9.17, 15) is 10.4 Å². The minimum Gasteiger partial charge on any atom is -0.499 e. The number of hydroxylamine groups is 4. The van der Waals surface area contributed by atoms with Gasteiger partial charge in [-0.3, -0.25) is 0 Å². The van der Waals surface area contributed by atoms with Gasteiger partial charge in [-0.15, -0.1) is 0 Å². The Morgan fingerprint density at radius 1 is 0.440 bits per heavy atom. The Kier molecular flexibility index (Phi) is 26.8. The summed E-state index contributed by atoms with van der Waals surface area (Å²) in [6.45, 7) is 46.5. The number of hydrogen-bond acceptors (Lipinski definition) is 10. The summed E-state index contributed by atoms with van der Waals surface area (Å²) in [5, 5.41) is 23.6. The first-order valence-electron chi connectivity index (χ1n) is 30.3. The van der Waals surface area contributed by atoms with Crippen LogP contribution in [-0.4, -0.2) is 97.6 Å². The molecule has 75 heavy (non-hydrogen) atoms. The number of nitrogens with zero attached hydrogens (tertiary/aromatic N) is 2. The first-order valence-corrected chi connectivity index (χ1v) is 30.3. The normalized spacial score (nSPS) is 31.8. The summed E-state index contributed by atoms with van der Waals surface area (Å²) in [6, 6.07) is 0. The lowest BCUT2D eigenvalue weighted by molar-refractivity contribution is -0.265. The van der Waals surface area contributed by atoms with Crippen molar-refractivity contribution in [3.8, 4) is 0 Å². The van der Waals surface area contributed by atoms with Crippen molar-refractivity contribution in [2.45, 2.75) is 343 Å². The Morgan fingerprint density at radius 2 is 0.720 bits per heavy atom. The van der Waals surface area contributed by atoms with Crippen molar-refractivity contribution in [2.75, 3.05) is 0 Å². The van der Waals surface area contributed by atoms with Crippen LogP contribution in [0.2, 0.25) is 0 Å². The van der Waals surface area contributed by atoms with Crippen molar-refractivity contribution < 1.29 is 38.8 Å². The van der Waals surface area contributed by atoms with Crippen LogP contribution in [0.25, 0.3) is 0 Å². The average molecular weight is 1060 g/mol. The van der Waals surface area contributed by atoms with E-state index in [4.69, 9.17) is 28.4 Å². The summed E-state index contributed by atoms with van der Waals surface area (Å²) in [7, 11) is 0. The molecule has 440 valence electrons. The molecule has 0 spiro atoms. The molecule has 0 radical (unpaired) electrons. The molecule has 0 aromatic rings. The number of rotatable bonds is 20. The number of piperidine rings is 2. The van der Waals surface area contributed by atoms with Gasteiger partial charge in [0.1, 0.15) is 6.10 Å². The Bertz CT molecular complexity index is 1560. The van der Waals surface area contributed by atoms with Gasteiger partial charge in [0.25, 0.3) is 0 Å². The van der Waals surface area contributed by atoms with Crippen molar-refractivity contribution >= 4 is 0 Å². The zero-order chi connectivity index (χ0) is 55.3. The SMILES string of the molecule is C.C=COC1CC(C)(C)N(O)C(C)(C)C1.C=COC1CCC(C(C)(C)C2CCC(OC=C)CC2)CC1.CCC(C)OC1CCC(C(C)(C)C2CCC(OC(C)CC(CC)OC3CC(C)(C)N(O)C(C)(C)C3)CC2)CC1. The van der Waals surface area contributed by atoms with E-state index < -0.39 is 0 Å². The summed E-state index contributed by atoms with van der Waals surface area (Å²) in [4.78, 5) is 0. The largest absolute Gasteiger partial charge is 0.499 e. The predicted octanol–water partition coefficient (Wildman–Crippen LogP) is 17.6. The maximum absolute atomic E-state index is 10.6. The molecule has 0 aromatic heterocycles. The highest BCUT2D eigenvalue weighted by Crippen LogP contribution is 2.51. The maximum atomic E-state index is 10.6. The molecule has 0 aromatic carbocycles. The van der Waals surface area contributed by atoms with Gasteiger partial charge in [0, 0.05) is 35.0 Å². The van der Waals surface area contributed by atoms with Gasteiger partial charge in [-0.25, -0.2) is 0 Å². The molecule has 2 saturated heterocycles. The quantitative estimate of drug-likeness (QED) is 0.115. The molecule has 4 aliphatic carbocycles. The van der Waals surface area contributed by atoms with Gasteiger partial charge < -0.3 is 38.8 Å². The molecule has 6 fully saturated rings. The molecule has 10 heteroatoms. The fourth-order valence-corrected chi connectivity index (χ4v) is 15.2. The van der Waals surface area contributed by atoms with E-state index in [2.05, 4.69) is 103 Å². The van der Waals surface area contributed by atoms with E-state index in [1.807, 2.05) is 27.7 Å². The molecule has 0 bridgehead atoms. The highest BCUT2D eigenvalue weighted by Gasteiger charge is 2.48. The fraction of sp³-hybridized carbons (Fsp3) is 0.908. The van der Waals surface area contributed by atoms with Crippen LogP contribution in [0.1, 0.15) is 266 Å². The van der Waals surface area contributed by atoms with Gasteiger partial charge in [0.2, 0.25) is 0 Å². The highest BCUT2D eigenvalue weighted by atomic mass is 16.5. The molecule has 3 atom stereocenters. The molecule has 4 saturated carbocycles. The fourth-order valence-electron chi connectivity index (χ4n) is 15.2. The summed E-state index contributed by atoms with van der Waals surface area (Å²) in [5.41, 5.74) is -0.187. The van der Waals surface area contributed by atoms with Crippen molar-refractivity contribution in [1.82, 2.24) is 10.1 Å². The van der Waals surface area contributed by atoms with Gasteiger partial charge >= 0.3 is 0 Å². The predicted molar refractivity (Wildman–Crippen MR) is 312 cm³/mol. The molecule has 2 N–H and O–H groups in total. The zero-order valence-electron chi connectivity index (χ0n) is 50.9. The average Bonchev–Trinajstić information content (AvgIpc) is 3.33. The van der Waals surface area contributed by atoms with Crippen LogP contribution >= 0.6 is 0 Å². The minimum atomic E-state index is -0.278. The lowest BCUT2D eigenvalue weighted by Crippen LogP contribution is -2.60. The third-order valence-electron chi connectivity index (χ3n) is 19.8. The van der Waals surface area contributed by atoms with Crippen LogP contribution in [-0.2, 0) is 28.4 Å². The lowest BCUT2D eigenvalue weighted by Gasteiger charge is -2.51. The van der Waals surface area contributed by atoms with Crippen molar-refractivity contribution in [3.63, 3.8) is 0 Å². The highest BCUT2D eigenvalue weighted by molar-refractivity contribution is 4.99. The molecule has 6 rings (SSSR count). The molecule has 10 nitrogen and oxygen atoms in total. The van der Waals surface area contributed by atoms with Crippen LogP contribution in [0.3, 0.4) is 0 Å². The Labute approximate surface area is 463 Å². The molecular formula is C65H122N2O8. The lowest BCUT2D eigenvalue weighted by atomic mass is 9.60. The summed E-state index contributed by atoms with van der Waals surface area (Å²) in [5.74, 6) is 3.30. The monoisotopic (exact) mass is 1060 g/mol. The summed E-state index contributed by atoms with van der Waals surface area (Å²) >= 11 is 0. The van der Waals surface area contributed by atoms with Crippen LogP contribution in [0.15, 0.2) is 38.5 Å². The molecule has 2 heterocycles. The van der Waals surface area contributed by atoms with E-state index in [1.54, 1.807) is 12.5 Å². The van der Waals surface area contributed by atoms with Gasteiger partial charge in [-0.1, -0.05) is 68.7 Å². The third-order valence-corrected chi connectivity index (χ3v) is 19.8. The number of hydrogen-bond donors (Lipinski definition) is 2. The van der Waals surface area contributed by atoms with Crippen LogP contribution in [0, 0.1) is 34.5 Å². The molecular weight excluding hydrogens is 937 g/mol. The van der Waals surface area contributed by atoms with Crippen molar-refractivity contribution in [2.24, 2.45) is 34.5 Å². The van der Waals surface area contributed by atoms with Gasteiger partial charge in [-0.05, 0) is 239 Å².